The highest BCUT2D eigenvalue weighted by atomic mass is 127. The van der Waals surface area contributed by atoms with E-state index >= 15 is 0 Å². The number of halogens is 1. The third-order valence-electron chi connectivity index (χ3n) is 3.48. The number of guanidine groups is 1. The van der Waals surface area contributed by atoms with Crippen molar-refractivity contribution >= 4 is 40.7 Å². The molecule has 1 rings (SSSR count). The van der Waals surface area contributed by atoms with Gasteiger partial charge in [-0.15, -0.1) is 24.0 Å². The fraction of sp³-hybridized carbons (Fsp3) is 0.632. The van der Waals surface area contributed by atoms with E-state index in [0.717, 1.165) is 31.1 Å². The third kappa shape index (κ3) is 13.5. The molecule has 0 aliphatic rings. The lowest BCUT2D eigenvalue weighted by Crippen LogP contribution is -2.39. The molecule has 0 radical (unpaired) electrons. The Balaban J connectivity index is 0.00000625. The largest absolute Gasteiger partial charge is 0.380 e. The van der Waals surface area contributed by atoms with E-state index < -0.39 is 10.8 Å². The molecule has 0 amide bonds. The SMILES string of the molecule is CCNC(=NCCOCCC(C)C)NCCS(=O)Cc1ccccc1.I. The highest BCUT2D eigenvalue weighted by Crippen LogP contribution is 2.02. The second kappa shape index (κ2) is 16.5. The fourth-order valence-electron chi connectivity index (χ4n) is 2.10. The first-order valence-electron chi connectivity index (χ1n) is 9.10. The Morgan fingerprint density at radius 3 is 2.58 bits per heavy atom. The van der Waals surface area contributed by atoms with Crippen LogP contribution < -0.4 is 10.6 Å². The molecule has 0 aliphatic heterocycles. The van der Waals surface area contributed by atoms with Crippen LogP contribution in [0.1, 0.15) is 32.8 Å². The summed E-state index contributed by atoms with van der Waals surface area (Å²) < 4.78 is 17.7. The number of hydrogen-bond donors (Lipinski definition) is 2. The summed E-state index contributed by atoms with van der Waals surface area (Å²) in [5.74, 6) is 2.62. The summed E-state index contributed by atoms with van der Waals surface area (Å²) in [4.78, 5) is 4.48. The smallest absolute Gasteiger partial charge is 0.191 e. The van der Waals surface area contributed by atoms with Crippen molar-refractivity contribution in [2.75, 3.05) is 38.6 Å². The van der Waals surface area contributed by atoms with Crippen LogP contribution in [-0.4, -0.2) is 48.8 Å². The van der Waals surface area contributed by atoms with E-state index in [2.05, 4.69) is 29.5 Å². The van der Waals surface area contributed by atoms with Crippen molar-refractivity contribution in [1.82, 2.24) is 10.6 Å². The summed E-state index contributed by atoms with van der Waals surface area (Å²) >= 11 is 0. The average Bonchev–Trinajstić information content (AvgIpc) is 2.58. The number of ether oxygens (including phenoxy) is 1. The minimum Gasteiger partial charge on any atom is -0.380 e. The van der Waals surface area contributed by atoms with Crippen LogP contribution in [0, 0.1) is 5.92 Å². The maximum absolute atomic E-state index is 12.1. The van der Waals surface area contributed by atoms with Crippen LogP contribution in [0.3, 0.4) is 0 Å². The fourth-order valence-corrected chi connectivity index (χ4v) is 3.14. The van der Waals surface area contributed by atoms with Crippen LogP contribution in [0.2, 0.25) is 0 Å². The monoisotopic (exact) mass is 495 g/mol. The molecule has 7 heteroatoms. The van der Waals surface area contributed by atoms with Gasteiger partial charge in [0, 0.05) is 42.0 Å². The molecule has 1 atom stereocenters. The van der Waals surface area contributed by atoms with Gasteiger partial charge in [0.05, 0.1) is 13.2 Å². The Morgan fingerprint density at radius 1 is 1.19 bits per heavy atom. The van der Waals surface area contributed by atoms with Gasteiger partial charge in [0.15, 0.2) is 5.96 Å². The van der Waals surface area contributed by atoms with Crippen molar-refractivity contribution in [2.45, 2.75) is 32.9 Å². The van der Waals surface area contributed by atoms with Crippen molar-refractivity contribution in [3.8, 4) is 0 Å². The standard InChI is InChI=1S/C19H33N3O2S.HI/c1-4-20-19(21-11-14-24-13-10-17(2)3)22-12-15-25(23)16-18-8-6-5-7-9-18;/h5-9,17H,4,10-16H2,1-3H3,(H2,20,21,22);1H. The van der Waals surface area contributed by atoms with Crippen LogP contribution in [0.25, 0.3) is 0 Å². The number of rotatable bonds is 12. The molecule has 0 aliphatic carbocycles. The summed E-state index contributed by atoms with van der Waals surface area (Å²) in [7, 11) is -0.876. The van der Waals surface area contributed by atoms with Gasteiger partial charge in [-0.1, -0.05) is 44.2 Å². The average molecular weight is 495 g/mol. The molecule has 0 saturated heterocycles. The van der Waals surface area contributed by atoms with Crippen LogP contribution in [-0.2, 0) is 21.3 Å². The molecule has 0 heterocycles. The zero-order chi connectivity index (χ0) is 18.3. The van der Waals surface area contributed by atoms with Crippen LogP contribution in [0.4, 0.5) is 0 Å². The van der Waals surface area contributed by atoms with Crippen molar-refractivity contribution in [1.29, 1.82) is 0 Å². The molecule has 1 unspecified atom stereocenters. The summed E-state index contributed by atoms with van der Waals surface area (Å²) in [5, 5.41) is 6.44. The maximum atomic E-state index is 12.1. The molecular weight excluding hydrogens is 461 g/mol. The van der Waals surface area contributed by atoms with Gasteiger partial charge < -0.3 is 15.4 Å². The first-order valence-corrected chi connectivity index (χ1v) is 10.6. The summed E-state index contributed by atoms with van der Waals surface area (Å²) in [5.41, 5.74) is 1.11. The summed E-state index contributed by atoms with van der Waals surface area (Å²) in [6.07, 6.45) is 1.08. The molecule has 1 aromatic rings. The van der Waals surface area contributed by atoms with Crippen molar-refractivity contribution in [3.05, 3.63) is 35.9 Å². The first-order chi connectivity index (χ1) is 12.1. The second-order valence-electron chi connectivity index (χ2n) is 6.26. The lowest BCUT2D eigenvalue weighted by Gasteiger charge is -2.11. The van der Waals surface area contributed by atoms with Gasteiger partial charge in [-0.05, 0) is 24.8 Å². The lowest BCUT2D eigenvalue weighted by molar-refractivity contribution is 0.130. The van der Waals surface area contributed by atoms with E-state index in [1.807, 2.05) is 37.3 Å². The summed E-state index contributed by atoms with van der Waals surface area (Å²) in [6, 6.07) is 9.94. The van der Waals surface area contributed by atoms with Gasteiger partial charge in [-0.25, -0.2) is 0 Å². The Bertz CT molecular complexity index is 513. The van der Waals surface area contributed by atoms with E-state index in [1.165, 1.54) is 0 Å². The molecular formula is C19H34IN3O2S. The minimum absolute atomic E-state index is 0. The lowest BCUT2D eigenvalue weighted by atomic mass is 10.1. The van der Waals surface area contributed by atoms with Crippen molar-refractivity contribution < 1.29 is 8.95 Å². The van der Waals surface area contributed by atoms with Crippen LogP contribution in [0.15, 0.2) is 35.3 Å². The number of nitrogens with zero attached hydrogens (tertiary/aromatic N) is 1. The molecule has 0 fully saturated rings. The van der Waals surface area contributed by atoms with E-state index in [4.69, 9.17) is 4.74 Å². The predicted molar refractivity (Wildman–Crippen MR) is 123 cm³/mol. The molecule has 0 spiro atoms. The Hall–Kier alpha value is -0.670. The number of hydrogen-bond acceptors (Lipinski definition) is 3. The zero-order valence-corrected chi connectivity index (χ0v) is 19.3. The van der Waals surface area contributed by atoms with E-state index in [9.17, 15) is 4.21 Å². The van der Waals surface area contributed by atoms with Gasteiger partial charge in [-0.2, -0.15) is 0 Å². The molecule has 5 nitrogen and oxygen atoms in total. The molecule has 2 N–H and O–H groups in total. The van der Waals surface area contributed by atoms with E-state index in [1.54, 1.807) is 0 Å². The Kier molecular flexibility index (Phi) is 16.1. The van der Waals surface area contributed by atoms with Crippen LogP contribution in [0.5, 0.6) is 0 Å². The van der Waals surface area contributed by atoms with Gasteiger partial charge >= 0.3 is 0 Å². The molecule has 0 aromatic heterocycles. The molecule has 1 aromatic carbocycles. The second-order valence-corrected chi connectivity index (χ2v) is 7.83. The van der Waals surface area contributed by atoms with Gasteiger partial charge in [0.25, 0.3) is 0 Å². The molecule has 0 saturated carbocycles. The third-order valence-corrected chi connectivity index (χ3v) is 4.80. The minimum atomic E-state index is -0.876. The molecule has 26 heavy (non-hydrogen) atoms. The quantitative estimate of drug-likeness (QED) is 0.203. The highest BCUT2D eigenvalue weighted by Gasteiger charge is 2.03. The van der Waals surface area contributed by atoms with Gasteiger partial charge in [-0.3, -0.25) is 9.20 Å². The number of aliphatic imine (C=N–C) groups is 1. The Morgan fingerprint density at radius 2 is 1.92 bits per heavy atom. The molecule has 150 valence electrons. The van der Waals surface area contributed by atoms with Gasteiger partial charge in [0.1, 0.15) is 0 Å². The maximum Gasteiger partial charge on any atom is 0.191 e. The Labute approximate surface area is 178 Å². The number of nitrogens with one attached hydrogen (secondary N) is 2. The topological polar surface area (TPSA) is 62.7 Å². The van der Waals surface area contributed by atoms with Crippen LogP contribution >= 0.6 is 24.0 Å². The van der Waals surface area contributed by atoms with Crippen molar-refractivity contribution in [2.24, 2.45) is 10.9 Å². The zero-order valence-electron chi connectivity index (χ0n) is 16.2. The number of benzene rings is 1. The highest BCUT2D eigenvalue weighted by molar-refractivity contribution is 14.0. The predicted octanol–water partition coefficient (Wildman–Crippen LogP) is 3.17. The van der Waals surface area contributed by atoms with Gasteiger partial charge in [0.2, 0.25) is 0 Å². The van der Waals surface area contributed by atoms with E-state index in [-0.39, 0.29) is 24.0 Å². The van der Waals surface area contributed by atoms with E-state index in [0.29, 0.717) is 37.1 Å². The normalized spacial score (nSPS) is 12.5. The van der Waals surface area contributed by atoms with Crippen molar-refractivity contribution in [3.63, 3.8) is 0 Å². The summed E-state index contributed by atoms with van der Waals surface area (Å²) in [6.45, 7) is 9.89. The molecule has 0 bridgehead atoms. The first kappa shape index (κ1) is 25.3.